The third-order valence-corrected chi connectivity index (χ3v) is 5.39. The van der Waals surface area contributed by atoms with Gasteiger partial charge in [-0.15, -0.1) is 0 Å². The molecular weight excluding hydrogens is 240 g/mol. The summed E-state index contributed by atoms with van der Waals surface area (Å²) in [5.74, 6) is 0.654. The minimum absolute atomic E-state index is 0.104. The molecule has 1 heterocycles. The molecule has 19 heavy (non-hydrogen) atoms. The van der Waals surface area contributed by atoms with Crippen LogP contribution in [-0.4, -0.2) is 15.8 Å². The van der Waals surface area contributed by atoms with Crippen LogP contribution >= 0.6 is 0 Å². The van der Waals surface area contributed by atoms with Crippen LogP contribution in [0.2, 0.25) is 0 Å². The van der Waals surface area contributed by atoms with Gasteiger partial charge >= 0.3 is 5.69 Å². The molecular formula is C15H20N2O2. The van der Waals surface area contributed by atoms with E-state index in [0.717, 1.165) is 30.5 Å². The molecule has 0 bridgehead atoms. The monoisotopic (exact) mass is 260 g/mol. The van der Waals surface area contributed by atoms with Crippen molar-refractivity contribution < 1.29 is 4.79 Å². The van der Waals surface area contributed by atoms with Gasteiger partial charge in [0.2, 0.25) is 0 Å². The zero-order valence-corrected chi connectivity index (χ0v) is 11.7. The van der Waals surface area contributed by atoms with Crippen LogP contribution in [0.15, 0.2) is 11.0 Å². The first kappa shape index (κ1) is 12.6. The second-order valence-corrected chi connectivity index (χ2v) is 6.74. The van der Waals surface area contributed by atoms with E-state index in [-0.39, 0.29) is 16.5 Å². The molecule has 1 saturated carbocycles. The molecule has 2 aliphatic carbocycles. The summed E-state index contributed by atoms with van der Waals surface area (Å²) in [5.41, 5.74) is 1.47. The maximum Gasteiger partial charge on any atom is 0.345 e. The lowest BCUT2D eigenvalue weighted by molar-refractivity contribution is -0.137. The van der Waals surface area contributed by atoms with Gasteiger partial charge in [-0.05, 0) is 30.7 Å². The number of nitrogens with one attached hydrogen (secondary N) is 1. The highest BCUT2D eigenvalue weighted by molar-refractivity contribution is 5.86. The molecule has 0 radical (unpaired) electrons. The van der Waals surface area contributed by atoms with Gasteiger partial charge in [-0.3, -0.25) is 4.79 Å². The van der Waals surface area contributed by atoms with Crippen LogP contribution in [0.25, 0.3) is 0 Å². The third kappa shape index (κ3) is 1.62. The van der Waals surface area contributed by atoms with Crippen molar-refractivity contribution in [2.45, 2.75) is 51.9 Å². The lowest BCUT2D eigenvalue weighted by Gasteiger charge is -2.52. The van der Waals surface area contributed by atoms with E-state index >= 15 is 0 Å². The molecule has 1 N–H and O–H groups in total. The van der Waals surface area contributed by atoms with E-state index in [2.05, 4.69) is 30.7 Å². The Morgan fingerprint density at radius 2 is 2.00 bits per heavy atom. The first-order valence-corrected chi connectivity index (χ1v) is 6.97. The summed E-state index contributed by atoms with van der Waals surface area (Å²) in [6, 6.07) is 0. The highest BCUT2D eigenvalue weighted by Crippen LogP contribution is 2.54. The summed E-state index contributed by atoms with van der Waals surface area (Å²) < 4.78 is 0. The molecule has 1 aromatic heterocycles. The summed E-state index contributed by atoms with van der Waals surface area (Å²) in [6.45, 7) is 6.31. The van der Waals surface area contributed by atoms with Gasteiger partial charge in [0, 0.05) is 29.1 Å². The lowest BCUT2D eigenvalue weighted by atomic mass is 9.51. The van der Waals surface area contributed by atoms with E-state index < -0.39 is 0 Å². The second kappa shape index (κ2) is 3.78. The van der Waals surface area contributed by atoms with Gasteiger partial charge < -0.3 is 4.98 Å². The van der Waals surface area contributed by atoms with Crippen molar-refractivity contribution in [3.63, 3.8) is 0 Å². The van der Waals surface area contributed by atoms with Crippen molar-refractivity contribution in [3.05, 3.63) is 27.9 Å². The molecule has 0 spiro atoms. The number of H-pyrrole nitrogens is 1. The normalized spacial score (nSPS) is 32.6. The van der Waals surface area contributed by atoms with Crippen molar-refractivity contribution in [3.8, 4) is 0 Å². The molecule has 0 amide bonds. The van der Waals surface area contributed by atoms with Crippen LogP contribution in [0.4, 0.5) is 0 Å². The van der Waals surface area contributed by atoms with Gasteiger partial charge in [-0.1, -0.05) is 20.8 Å². The first-order valence-electron chi connectivity index (χ1n) is 6.97. The van der Waals surface area contributed by atoms with Crippen molar-refractivity contribution in [1.29, 1.82) is 0 Å². The van der Waals surface area contributed by atoms with Crippen LogP contribution in [0.3, 0.4) is 0 Å². The maximum atomic E-state index is 12.2. The summed E-state index contributed by atoms with van der Waals surface area (Å²) in [7, 11) is 0. The van der Waals surface area contributed by atoms with Gasteiger partial charge in [-0.2, -0.15) is 0 Å². The zero-order valence-electron chi connectivity index (χ0n) is 11.7. The van der Waals surface area contributed by atoms with Crippen LogP contribution in [0.1, 0.15) is 51.3 Å². The predicted molar refractivity (Wildman–Crippen MR) is 72.0 cm³/mol. The molecule has 3 rings (SSSR count). The number of fused-ring (bicyclic) bond motifs is 3. The van der Waals surface area contributed by atoms with Crippen LogP contribution in [-0.2, 0) is 16.6 Å². The number of nitrogens with zero attached hydrogens (tertiary/aromatic N) is 1. The van der Waals surface area contributed by atoms with Crippen molar-refractivity contribution in [1.82, 2.24) is 9.97 Å². The van der Waals surface area contributed by atoms with E-state index in [1.165, 1.54) is 0 Å². The highest BCUT2D eigenvalue weighted by atomic mass is 16.1. The molecule has 102 valence electrons. The number of aromatic nitrogens is 2. The number of hydrogen-bond acceptors (Lipinski definition) is 3. The summed E-state index contributed by atoms with van der Waals surface area (Å²) in [6.07, 6.45) is 5.03. The Balaban J connectivity index is 2.18. The van der Waals surface area contributed by atoms with Gasteiger partial charge in [0.1, 0.15) is 5.78 Å². The first-order chi connectivity index (χ1) is 8.85. The van der Waals surface area contributed by atoms with Crippen LogP contribution < -0.4 is 5.69 Å². The fourth-order valence-corrected chi connectivity index (χ4v) is 4.26. The SMILES string of the molecule is CC1(C)C(=O)CC[C@]2(C)c3[nH]c(=O)ncc3CC[C@@H]12. The fraction of sp³-hybridized carbons (Fsp3) is 0.667. The number of ketones is 1. The van der Waals surface area contributed by atoms with E-state index in [4.69, 9.17) is 0 Å². The Labute approximate surface area is 112 Å². The molecule has 0 aliphatic heterocycles. The molecule has 0 saturated heterocycles. The standard InChI is InChI=1S/C15H20N2O2/c1-14(2)10-5-4-9-8-16-13(19)17-12(9)15(10,3)7-6-11(14)18/h8,10H,4-7H2,1-3H3,(H,16,17,19)/t10-,15-/m0/s1. The zero-order chi connectivity index (χ0) is 13.8. The van der Waals surface area contributed by atoms with Gasteiger partial charge in [0.25, 0.3) is 0 Å². The molecule has 2 atom stereocenters. The van der Waals surface area contributed by atoms with Crippen molar-refractivity contribution in [2.24, 2.45) is 11.3 Å². The van der Waals surface area contributed by atoms with Crippen molar-refractivity contribution >= 4 is 5.78 Å². The summed E-state index contributed by atoms with van der Waals surface area (Å²) >= 11 is 0. The fourth-order valence-electron chi connectivity index (χ4n) is 4.26. The Kier molecular flexibility index (Phi) is 2.50. The Morgan fingerprint density at radius 3 is 2.74 bits per heavy atom. The number of aromatic amines is 1. The Hall–Kier alpha value is -1.45. The molecule has 1 aromatic rings. The van der Waals surface area contributed by atoms with Gasteiger partial charge in [0.15, 0.2) is 0 Å². The average Bonchev–Trinajstić information content (AvgIpc) is 2.35. The highest BCUT2D eigenvalue weighted by Gasteiger charge is 2.53. The smallest absolute Gasteiger partial charge is 0.309 e. The number of rotatable bonds is 0. The summed E-state index contributed by atoms with van der Waals surface area (Å²) in [5, 5.41) is 0. The maximum absolute atomic E-state index is 12.2. The van der Waals surface area contributed by atoms with E-state index in [1.54, 1.807) is 6.20 Å². The minimum Gasteiger partial charge on any atom is -0.309 e. The molecule has 4 heteroatoms. The number of carbonyl (C=O) groups is 1. The van der Waals surface area contributed by atoms with E-state index in [1.807, 2.05) is 0 Å². The Bertz CT molecular complexity index is 602. The molecule has 1 fully saturated rings. The quantitative estimate of drug-likeness (QED) is 0.775. The number of aryl methyl sites for hydroxylation is 1. The molecule has 2 aliphatic rings. The predicted octanol–water partition coefficient (Wildman–Crippen LogP) is 1.98. The topological polar surface area (TPSA) is 62.8 Å². The van der Waals surface area contributed by atoms with E-state index in [9.17, 15) is 9.59 Å². The van der Waals surface area contributed by atoms with Crippen LogP contribution in [0, 0.1) is 11.3 Å². The third-order valence-electron chi connectivity index (χ3n) is 5.39. The van der Waals surface area contributed by atoms with E-state index in [0.29, 0.717) is 18.1 Å². The molecule has 0 aromatic carbocycles. The summed E-state index contributed by atoms with van der Waals surface area (Å²) in [4.78, 5) is 30.5. The van der Waals surface area contributed by atoms with Gasteiger partial charge in [-0.25, -0.2) is 9.78 Å². The Morgan fingerprint density at radius 1 is 1.26 bits per heavy atom. The number of Topliss-reactive ketones (excluding diaryl/α,β-unsaturated/α-hetero) is 1. The lowest BCUT2D eigenvalue weighted by Crippen LogP contribution is -2.53. The number of hydrogen-bond donors (Lipinski definition) is 1. The van der Waals surface area contributed by atoms with Crippen molar-refractivity contribution in [2.75, 3.05) is 0 Å². The van der Waals surface area contributed by atoms with Crippen LogP contribution in [0.5, 0.6) is 0 Å². The molecule has 0 unspecified atom stereocenters. The largest absolute Gasteiger partial charge is 0.345 e. The number of carbonyl (C=O) groups excluding carboxylic acids is 1. The minimum atomic E-state index is -0.301. The van der Waals surface area contributed by atoms with Gasteiger partial charge in [0.05, 0.1) is 0 Å². The second-order valence-electron chi connectivity index (χ2n) is 6.74. The molecule has 4 nitrogen and oxygen atoms in total. The average molecular weight is 260 g/mol.